The number of anilines is 2. The molecule has 162 valence electrons. The van der Waals surface area contributed by atoms with Crippen molar-refractivity contribution in [1.82, 2.24) is 0 Å². The summed E-state index contributed by atoms with van der Waals surface area (Å²) in [4.78, 5) is 28.5. The fraction of sp³-hybridized carbons (Fsp3) is 0.0714. The van der Waals surface area contributed by atoms with Crippen LogP contribution in [0.2, 0.25) is 0 Å². The number of rotatable bonds is 5. The normalized spacial score (nSPS) is 13.7. The monoisotopic (exact) mass is 434 g/mol. The Hall–Kier alpha value is -4.38. The lowest BCUT2D eigenvalue weighted by Gasteiger charge is -2.16. The van der Waals surface area contributed by atoms with E-state index < -0.39 is 0 Å². The minimum Gasteiger partial charge on any atom is -0.497 e. The molecule has 4 aromatic carbocycles. The number of carbonyl (C=O) groups is 2. The summed E-state index contributed by atoms with van der Waals surface area (Å²) in [5.74, 6) is -0.0712. The number of nitrogens with zero attached hydrogens (tertiary/aromatic N) is 1. The first-order valence-electron chi connectivity index (χ1n) is 10.7. The van der Waals surface area contributed by atoms with Crippen LogP contribution in [0.1, 0.15) is 11.1 Å². The van der Waals surface area contributed by atoms with Crippen molar-refractivity contribution >= 4 is 39.5 Å². The van der Waals surface area contributed by atoms with Crippen LogP contribution in [0, 0.1) is 6.92 Å². The van der Waals surface area contributed by atoms with Gasteiger partial charge in [-0.15, -0.1) is 0 Å². The molecule has 1 N–H and O–H groups in total. The summed E-state index contributed by atoms with van der Waals surface area (Å²) < 4.78 is 5.26. The molecule has 1 heterocycles. The number of ether oxygens (including phenoxy) is 1. The van der Waals surface area contributed by atoms with Gasteiger partial charge in [0, 0.05) is 11.1 Å². The van der Waals surface area contributed by atoms with Gasteiger partial charge in [0.25, 0.3) is 11.8 Å². The number of hydrogen-bond donors (Lipinski definition) is 1. The SMILES string of the molecule is COc1ccc(C2=C(Nc3cccc4ccccc34)C(=O)N(c3cccc(C)c3)C2=O)cc1. The molecular weight excluding hydrogens is 412 g/mol. The number of methoxy groups -OCH3 is 1. The maximum Gasteiger partial charge on any atom is 0.282 e. The lowest BCUT2D eigenvalue weighted by Crippen LogP contribution is -2.32. The Morgan fingerprint density at radius 2 is 1.52 bits per heavy atom. The lowest BCUT2D eigenvalue weighted by molar-refractivity contribution is -0.120. The maximum absolute atomic E-state index is 13.6. The van der Waals surface area contributed by atoms with Gasteiger partial charge in [0.15, 0.2) is 0 Å². The van der Waals surface area contributed by atoms with Crippen molar-refractivity contribution in [3.8, 4) is 5.75 Å². The zero-order valence-corrected chi connectivity index (χ0v) is 18.3. The third kappa shape index (κ3) is 3.64. The lowest BCUT2D eigenvalue weighted by atomic mass is 10.0. The molecular formula is C28H22N2O3. The number of carbonyl (C=O) groups excluding carboxylic acids is 2. The predicted molar refractivity (Wildman–Crippen MR) is 131 cm³/mol. The van der Waals surface area contributed by atoms with E-state index >= 15 is 0 Å². The molecule has 0 aromatic heterocycles. The van der Waals surface area contributed by atoms with E-state index in [-0.39, 0.29) is 17.5 Å². The largest absolute Gasteiger partial charge is 0.497 e. The zero-order chi connectivity index (χ0) is 22.9. The Kier molecular flexibility index (Phi) is 5.15. The van der Waals surface area contributed by atoms with Gasteiger partial charge in [-0.3, -0.25) is 9.59 Å². The molecule has 0 saturated carbocycles. The smallest absolute Gasteiger partial charge is 0.282 e. The maximum atomic E-state index is 13.6. The highest BCUT2D eigenvalue weighted by Gasteiger charge is 2.40. The second kappa shape index (κ2) is 8.28. The minimum absolute atomic E-state index is 0.253. The van der Waals surface area contributed by atoms with Crippen LogP contribution in [0.3, 0.4) is 0 Å². The summed E-state index contributed by atoms with van der Waals surface area (Å²) in [7, 11) is 1.59. The average molecular weight is 434 g/mol. The molecule has 5 nitrogen and oxygen atoms in total. The van der Waals surface area contributed by atoms with E-state index in [9.17, 15) is 9.59 Å². The van der Waals surface area contributed by atoms with Gasteiger partial charge >= 0.3 is 0 Å². The van der Waals surface area contributed by atoms with Crippen LogP contribution in [0.15, 0.2) is 96.7 Å². The number of fused-ring (bicyclic) bond motifs is 1. The highest BCUT2D eigenvalue weighted by atomic mass is 16.5. The number of hydrogen-bond acceptors (Lipinski definition) is 4. The minimum atomic E-state index is -0.385. The van der Waals surface area contributed by atoms with E-state index in [0.29, 0.717) is 22.6 Å². The zero-order valence-electron chi connectivity index (χ0n) is 18.3. The fourth-order valence-corrected chi connectivity index (χ4v) is 4.14. The molecule has 0 fully saturated rings. The van der Waals surface area contributed by atoms with E-state index in [1.54, 1.807) is 37.4 Å². The van der Waals surface area contributed by atoms with Crippen LogP contribution < -0.4 is 15.0 Å². The first kappa shape index (κ1) is 20.5. The molecule has 0 aliphatic carbocycles. The van der Waals surface area contributed by atoms with Crippen molar-refractivity contribution in [2.75, 3.05) is 17.3 Å². The molecule has 0 radical (unpaired) electrons. The predicted octanol–water partition coefficient (Wildman–Crippen LogP) is 5.55. The standard InChI is InChI=1S/C28H22N2O3/c1-18-7-5-10-21(17-18)30-27(31)25(20-13-15-22(33-2)16-14-20)26(28(30)32)29-24-12-6-9-19-8-3-4-11-23(19)24/h3-17,29H,1-2H3. The van der Waals surface area contributed by atoms with Crippen molar-refractivity contribution in [3.63, 3.8) is 0 Å². The summed E-state index contributed by atoms with van der Waals surface area (Å²) in [6, 6.07) is 28.3. The van der Waals surface area contributed by atoms with Crippen LogP contribution in [-0.4, -0.2) is 18.9 Å². The summed E-state index contributed by atoms with van der Waals surface area (Å²) in [6.45, 7) is 1.93. The summed E-state index contributed by atoms with van der Waals surface area (Å²) in [5, 5.41) is 5.30. The van der Waals surface area contributed by atoms with Gasteiger partial charge in [-0.05, 0) is 53.8 Å². The molecule has 0 spiro atoms. The van der Waals surface area contributed by atoms with E-state index in [4.69, 9.17) is 4.74 Å². The van der Waals surface area contributed by atoms with Gasteiger partial charge in [-0.1, -0.05) is 60.7 Å². The number of amides is 2. The van der Waals surface area contributed by atoms with Crippen LogP contribution >= 0.6 is 0 Å². The Balaban J connectivity index is 1.65. The van der Waals surface area contributed by atoms with Crippen molar-refractivity contribution < 1.29 is 14.3 Å². The van der Waals surface area contributed by atoms with Crippen LogP contribution in [-0.2, 0) is 9.59 Å². The van der Waals surface area contributed by atoms with E-state index in [1.165, 1.54) is 4.90 Å². The third-order valence-corrected chi connectivity index (χ3v) is 5.77. The first-order chi connectivity index (χ1) is 16.1. The summed E-state index contributed by atoms with van der Waals surface area (Å²) >= 11 is 0. The number of aryl methyl sites for hydroxylation is 1. The van der Waals surface area contributed by atoms with Crippen LogP contribution in [0.5, 0.6) is 5.75 Å². The Morgan fingerprint density at radius 3 is 2.27 bits per heavy atom. The molecule has 1 aliphatic heterocycles. The van der Waals surface area contributed by atoms with Crippen molar-refractivity contribution in [2.24, 2.45) is 0 Å². The fourth-order valence-electron chi connectivity index (χ4n) is 4.14. The molecule has 0 atom stereocenters. The van der Waals surface area contributed by atoms with E-state index in [0.717, 1.165) is 22.0 Å². The Labute approximate surface area is 191 Å². The van der Waals surface area contributed by atoms with Crippen molar-refractivity contribution in [3.05, 3.63) is 108 Å². The quantitative estimate of drug-likeness (QED) is 0.418. The second-order valence-electron chi connectivity index (χ2n) is 7.91. The van der Waals surface area contributed by atoms with Gasteiger partial charge in [0.2, 0.25) is 0 Å². The molecule has 5 heteroatoms. The highest BCUT2D eigenvalue weighted by Crippen LogP contribution is 2.35. The summed E-state index contributed by atoms with van der Waals surface area (Å²) in [5.41, 5.74) is 3.51. The van der Waals surface area contributed by atoms with Gasteiger partial charge in [-0.25, -0.2) is 4.90 Å². The van der Waals surface area contributed by atoms with Gasteiger partial charge < -0.3 is 10.1 Å². The number of nitrogens with one attached hydrogen (secondary N) is 1. The molecule has 0 saturated heterocycles. The molecule has 1 aliphatic rings. The average Bonchev–Trinajstić information content (AvgIpc) is 3.08. The molecule has 5 rings (SSSR count). The topological polar surface area (TPSA) is 58.6 Å². The van der Waals surface area contributed by atoms with Crippen molar-refractivity contribution in [1.29, 1.82) is 0 Å². The molecule has 33 heavy (non-hydrogen) atoms. The molecule has 0 unspecified atom stereocenters. The van der Waals surface area contributed by atoms with Gasteiger partial charge in [0.05, 0.1) is 18.4 Å². The van der Waals surface area contributed by atoms with Crippen LogP contribution in [0.25, 0.3) is 16.3 Å². The second-order valence-corrected chi connectivity index (χ2v) is 7.91. The van der Waals surface area contributed by atoms with Gasteiger partial charge in [0.1, 0.15) is 11.4 Å². The summed E-state index contributed by atoms with van der Waals surface area (Å²) in [6.07, 6.45) is 0. The van der Waals surface area contributed by atoms with Crippen molar-refractivity contribution in [2.45, 2.75) is 6.92 Å². The Bertz CT molecular complexity index is 1420. The first-order valence-corrected chi connectivity index (χ1v) is 10.7. The van der Waals surface area contributed by atoms with E-state index in [2.05, 4.69) is 5.32 Å². The third-order valence-electron chi connectivity index (χ3n) is 5.77. The number of benzene rings is 4. The van der Waals surface area contributed by atoms with Crippen LogP contribution in [0.4, 0.5) is 11.4 Å². The molecule has 0 bridgehead atoms. The molecule has 4 aromatic rings. The Morgan fingerprint density at radius 1 is 0.788 bits per heavy atom. The van der Waals surface area contributed by atoms with E-state index in [1.807, 2.05) is 67.6 Å². The highest BCUT2D eigenvalue weighted by molar-refractivity contribution is 6.46. The number of imide groups is 1. The molecule has 2 amide bonds. The van der Waals surface area contributed by atoms with Gasteiger partial charge in [-0.2, -0.15) is 0 Å².